The third kappa shape index (κ3) is 3.06. The molecule has 0 spiro atoms. The molecular formula is C16H17NO5. The fourth-order valence-corrected chi connectivity index (χ4v) is 2.01. The zero-order chi connectivity index (χ0) is 16.1. The number of benzene rings is 2. The van der Waals surface area contributed by atoms with Crippen molar-refractivity contribution in [3.05, 3.63) is 42.0 Å². The molecule has 0 aliphatic heterocycles. The van der Waals surface area contributed by atoms with E-state index < -0.39 is 5.91 Å². The summed E-state index contributed by atoms with van der Waals surface area (Å²) in [5.41, 5.74) is 0.479. The molecular weight excluding hydrogens is 286 g/mol. The molecule has 0 saturated heterocycles. The smallest absolute Gasteiger partial charge is 0.263 e. The van der Waals surface area contributed by atoms with E-state index in [0.717, 1.165) is 0 Å². The van der Waals surface area contributed by atoms with Crippen molar-refractivity contribution in [2.24, 2.45) is 0 Å². The minimum Gasteiger partial charge on any atom is -0.507 e. The van der Waals surface area contributed by atoms with Gasteiger partial charge in [-0.25, -0.2) is 0 Å². The van der Waals surface area contributed by atoms with Crippen LogP contribution in [0.25, 0.3) is 0 Å². The van der Waals surface area contributed by atoms with E-state index in [-0.39, 0.29) is 17.1 Å². The molecule has 0 bridgehead atoms. The maximum Gasteiger partial charge on any atom is 0.263 e. The molecule has 2 N–H and O–H groups in total. The number of aromatic hydroxyl groups is 1. The quantitative estimate of drug-likeness (QED) is 0.888. The number of phenols is 1. The Labute approximate surface area is 128 Å². The fourth-order valence-electron chi connectivity index (χ4n) is 2.01. The van der Waals surface area contributed by atoms with Crippen molar-refractivity contribution in [3.63, 3.8) is 0 Å². The molecule has 116 valence electrons. The number of ether oxygens (including phenoxy) is 3. The lowest BCUT2D eigenvalue weighted by molar-refractivity contribution is 0.102. The van der Waals surface area contributed by atoms with Crippen LogP contribution >= 0.6 is 0 Å². The SMILES string of the molecule is COc1ccc(OC)c(NC(=O)c2c(O)cccc2OC)c1. The van der Waals surface area contributed by atoms with E-state index in [9.17, 15) is 9.90 Å². The van der Waals surface area contributed by atoms with Crippen LogP contribution in [-0.4, -0.2) is 32.3 Å². The number of amides is 1. The van der Waals surface area contributed by atoms with Crippen LogP contribution < -0.4 is 19.5 Å². The molecule has 0 aliphatic carbocycles. The lowest BCUT2D eigenvalue weighted by Gasteiger charge is -2.14. The molecule has 2 aromatic carbocycles. The molecule has 2 aromatic rings. The molecule has 6 nitrogen and oxygen atoms in total. The molecule has 6 heteroatoms. The molecule has 22 heavy (non-hydrogen) atoms. The average molecular weight is 303 g/mol. The van der Waals surface area contributed by atoms with Crippen LogP contribution in [0.3, 0.4) is 0 Å². The summed E-state index contributed by atoms with van der Waals surface area (Å²) in [6.07, 6.45) is 0. The van der Waals surface area contributed by atoms with E-state index in [1.165, 1.54) is 27.4 Å². The van der Waals surface area contributed by atoms with Crippen LogP contribution in [0.2, 0.25) is 0 Å². The van der Waals surface area contributed by atoms with Crippen LogP contribution in [0.15, 0.2) is 36.4 Å². The summed E-state index contributed by atoms with van der Waals surface area (Å²) in [7, 11) is 4.45. The van der Waals surface area contributed by atoms with Crippen LogP contribution in [0, 0.1) is 0 Å². The van der Waals surface area contributed by atoms with Crippen LogP contribution in [0.1, 0.15) is 10.4 Å². The number of rotatable bonds is 5. The van der Waals surface area contributed by atoms with Crippen molar-refractivity contribution in [2.75, 3.05) is 26.6 Å². The van der Waals surface area contributed by atoms with Crippen molar-refractivity contribution in [3.8, 4) is 23.0 Å². The first-order valence-corrected chi connectivity index (χ1v) is 6.50. The van der Waals surface area contributed by atoms with E-state index in [1.54, 1.807) is 30.3 Å². The first-order valence-electron chi connectivity index (χ1n) is 6.50. The molecule has 0 aliphatic rings. The van der Waals surface area contributed by atoms with Gasteiger partial charge < -0.3 is 24.6 Å². The summed E-state index contributed by atoms with van der Waals surface area (Å²) in [6.45, 7) is 0. The highest BCUT2D eigenvalue weighted by atomic mass is 16.5. The van der Waals surface area contributed by atoms with Gasteiger partial charge in [-0.1, -0.05) is 6.07 Å². The average Bonchev–Trinajstić information content (AvgIpc) is 2.54. The number of carbonyl (C=O) groups excluding carboxylic acids is 1. The van der Waals surface area contributed by atoms with Gasteiger partial charge in [-0.2, -0.15) is 0 Å². The minimum absolute atomic E-state index is 0.0508. The van der Waals surface area contributed by atoms with Crippen molar-refractivity contribution in [1.29, 1.82) is 0 Å². The third-order valence-electron chi connectivity index (χ3n) is 3.11. The predicted octanol–water partition coefficient (Wildman–Crippen LogP) is 2.67. The van der Waals surface area contributed by atoms with Crippen molar-refractivity contribution < 1.29 is 24.1 Å². The number of hydrogen-bond donors (Lipinski definition) is 2. The second-order valence-corrected chi connectivity index (χ2v) is 4.37. The molecule has 0 heterocycles. The summed E-state index contributed by atoms with van der Waals surface area (Å²) in [4.78, 5) is 12.4. The van der Waals surface area contributed by atoms with E-state index in [2.05, 4.69) is 5.32 Å². The molecule has 0 aromatic heterocycles. The van der Waals surface area contributed by atoms with Crippen molar-refractivity contribution >= 4 is 11.6 Å². The molecule has 0 atom stereocenters. The highest BCUT2D eigenvalue weighted by Crippen LogP contribution is 2.32. The van der Waals surface area contributed by atoms with Gasteiger partial charge in [-0.3, -0.25) is 4.79 Å². The predicted molar refractivity (Wildman–Crippen MR) is 82.2 cm³/mol. The van der Waals surface area contributed by atoms with Crippen LogP contribution in [0.5, 0.6) is 23.0 Å². The summed E-state index contributed by atoms with van der Waals surface area (Å²) >= 11 is 0. The Morgan fingerprint density at radius 1 is 1.00 bits per heavy atom. The van der Waals surface area contributed by atoms with E-state index in [1.807, 2.05) is 0 Å². The van der Waals surface area contributed by atoms with Gasteiger partial charge in [0.15, 0.2) is 0 Å². The summed E-state index contributed by atoms with van der Waals surface area (Å²) < 4.78 is 15.4. The molecule has 0 fully saturated rings. The van der Waals surface area contributed by atoms with Gasteiger partial charge in [0, 0.05) is 6.07 Å². The Morgan fingerprint density at radius 2 is 1.73 bits per heavy atom. The maximum atomic E-state index is 12.4. The van der Waals surface area contributed by atoms with Gasteiger partial charge in [0.2, 0.25) is 0 Å². The second kappa shape index (κ2) is 6.71. The van der Waals surface area contributed by atoms with Crippen molar-refractivity contribution in [2.45, 2.75) is 0 Å². The Morgan fingerprint density at radius 3 is 2.36 bits per heavy atom. The molecule has 0 saturated carbocycles. The summed E-state index contributed by atoms with van der Waals surface area (Å²) in [5.74, 6) is 0.642. The Bertz CT molecular complexity index is 684. The highest BCUT2D eigenvalue weighted by molar-refractivity contribution is 6.08. The van der Waals surface area contributed by atoms with Gasteiger partial charge in [-0.15, -0.1) is 0 Å². The number of anilines is 1. The number of carbonyl (C=O) groups is 1. The molecule has 2 rings (SSSR count). The zero-order valence-electron chi connectivity index (χ0n) is 12.5. The zero-order valence-corrected chi connectivity index (χ0v) is 12.5. The normalized spacial score (nSPS) is 9.95. The number of nitrogens with one attached hydrogen (secondary N) is 1. The molecule has 1 amide bonds. The Hall–Kier alpha value is -2.89. The second-order valence-electron chi connectivity index (χ2n) is 4.37. The van der Waals surface area contributed by atoms with Crippen molar-refractivity contribution in [1.82, 2.24) is 0 Å². The molecule has 0 unspecified atom stereocenters. The van der Waals surface area contributed by atoms with Gasteiger partial charge in [0.05, 0.1) is 27.0 Å². The minimum atomic E-state index is -0.512. The lowest BCUT2D eigenvalue weighted by Crippen LogP contribution is -2.14. The highest BCUT2D eigenvalue weighted by Gasteiger charge is 2.18. The maximum absolute atomic E-state index is 12.4. The van der Waals surface area contributed by atoms with Crippen LogP contribution in [0.4, 0.5) is 5.69 Å². The number of methoxy groups -OCH3 is 3. The Kier molecular flexibility index (Phi) is 4.73. The van der Waals surface area contributed by atoms with Gasteiger partial charge in [-0.05, 0) is 24.3 Å². The lowest BCUT2D eigenvalue weighted by atomic mass is 10.1. The number of hydrogen-bond acceptors (Lipinski definition) is 5. The Balaban J connectivity index is 2.37. The largest absolute Gasteiger partial charge is 0.507 e. The van der Waals surface area contributed by atoms with Gasteiger partial charge >= 0.3 is 0 Å². The standard InChI is InChI=1S/C16H17NO5/c1-20-10-7-8-13(21-2)11(9-10)17-16(19)15-12(18)5-4-6-14(15)22-3/h4-9,18H,1-3H3,(H,17,19). The van der Waals surface area contributed by atoms with Gasteiger partial charge in [0.1, 0.15) is 28.6 Å². The van der Waals surface area contributed by atoms with Crippen LogP contribution in [-0.2, 0) is 0 Å². The third-order valence-corrected chi connectivity index (χ3v) is 3.11. The first-order chi connectivity index (χ1) is 10.6. The van der Waals surface area contributed by atoms with E-state index in [4.69, 9.17) is 14.2 Å². The fraction of sp³-hybridized carbons (Fsp3) is 0.188. The number of phenolic OH excluding ortho intramolecular Hbond substituents is 1. The first kappa shape index (κ1) is 15.5. The van der Waals surface area contributed by atoms with E-state index >= 15 is 0 Å². The molecule has 0 radical (unpaired) electrons. The van der Waals surface area contributed by atoms with E-state index in [0.29, 0.717) is 17.2 Å². The monoisotopic (exact) mass is 303 g/mol. The summed E-state index contributed by atoms with van der Waals surface area (Å²) in [6, 6.07) is 9.63. The van der Waals surface area contributed by atoms with Gasteiger partial charge in [0.25, 0.3) is 5.91 Å². The summed E-state index contributed by atoms with van der Waals surface area (Å²) in [5, 5.41) is 12.6. The topological polar surface area (TPSA) is 77.0 Å².